The Morgan fingerprint density at radius 3 is 2.78 bits per heavy atom. The zero-order valence-electron chi connectivity index (χ0n) is 11.1. The SMILES string of the molecule is CCCC(C)c1cc(/C=C/C(=O)O)ccc1OC. The lowest BCUT2D eigenvalue weighted by molar-refractivity contribution is -0.131. The minimum Gasteiger partial charge on any atom is -0.496 e. The zero-order valence-corrected chi connectivity index (χ0v) is 11.1. The van der Waals surface area contributed by atoms with Crippen molar-refractivity contribution in [2.75, 3.05) is 7.11 Å². The summed E-state index contributed by atoms with van der Waals surface area (Å²) in [4.78, 5) is 10.5. The van der Waals surface area contributed by atoms with Crippen molar-refractivity contribution in [1.29, 1.82) is 0 Å². The molecule has 0 radical (unpaired) electrons. The summed E-state index contributed by atoms with van der Waals surface area (Å²) in [7, 11) is 1.66. The second-order valence-corrected chi connectivity index (χ2v) is 4.36. The molecule has 1 aromatic rings. The van der Waals surface area contributed by atoms with Crippen molar-refractivity contribution in [3.8, 4) is 5.75 Å². The summed E-state index contributed by atoms with van der Waals surface area (Å²) in [5.41, 5.74) is 2.02. The van der Waals surface area contributed by atoms with Crippen LogP contribution in [-0.4, -0.2) is 18.2 Å². The van der Waals surface area contributed by atoms with Gasteiger partial charge in [-0.2, -0.15) is 0 Å². The van der Waals surface area contributed by atoms with Crippen molar-refractivity contribution in [1.82, 2.24) is 0 Å². The van der Waals surface area contributed by atoms with Gasteiger partial charge in [-0.3, -0.25) is 0 Å². The van der Waals surface area contributed by atoms with E-state index in [4.69, 9.17) is 9.84 Å². The number of carboxylic acid groups (broad SMARTS) is 1. The van der Waals surface area contributed by atoms with E-state index < -0.39 is 5.97 Å². The Morgan fingerprint density at radius 1 is 1.50 bits per heavy atom. The van der Waals surface area contributed by atoms with Gasteiger partial charge < -0.3 is 9.84 Å². The third-order valence-electron chi connectivity index (χ3n) is 2.92. The first-order valence-electron chi connectivity index (χ1n) is 6.17. The van der Waals surface area contributed by atoms with Gasteiger partial charge >= 0.3 is 5.97 Å². The van der Waals surface area contributed by atoms with E-state index in [-0.39, 0.29) is 0 Å². The first-order chi connectivity index (χ1) is 8.58. The van der Waals surface area contributed by atoms with Crippen LogP contribution in [0.4, 0.5) is 0 Å². The van der Waals surface area contributed by atoms with Gasteiger partial charge in [0.15, 0.2) is 0 Å². The van der Waals surface area contributed by atoms with Crippen molar-refractivity contribution in [3.63, 3.8) is 0 Å². The number of benzene rings is 1. The molecule has 1 aromatic carbocycles. The lowest BCUT2D eigenvalue weighted by Crippen LogP contribution is -1.98. The smallest absolute Gasteiger partial charge is 0.328 e. The minimum absolute atomic E-state index is 0.406. The Morgan fingerprint density at radius 2 is 2.22 bits per heavy atom. The van der Waals surface area contributed by atoms with Crippen molar-refractivity contribution < 1.29 is 14.6 Å². The molecule has 0 amide bonds. The molecule has 18 heavy (non-hydrogen) atoms. The molecule has 0 aliphatic heterocycles. The number of ether oxygens (including phenoxy) is 1. The monoisotopic (exact) mass is 248 g/mol. The maximum Gasteiger partial charge on any atom is 0.328 e. The molecule has 3 nitrogen and oxygen atoms in total. The predicted molar refractivity (Wildman–Crippen MR) is 73.0 cm³/mol. The van der Waals surface area contributed by atoms with Crippen molar-refractivity contribution >= 4 is 12.0 Å². The molecule has 3 heteroatoms. The highest BCUT2D eigenvalue weighted by Gasteiger charge is 2.11. The molecule has 0 heterocycles. The standard InChI is InChI=1S/C15H20O3/c1-4-5-11(2)13-10-12(7-9-15(16)17)6-8-14(13)18-3/h6-11H,4-5H2,1-3H3,(H,16,17)/b9-7+. The summed E-state index contributed by atoms with van der Waals surface area (Å²) < 4.78 is 5.35. The maximum atomic E-state index is 10.5. The van der Waals surface area contributed by atoms with Gasteiger partial charge in [-0.25, -0.2) is 4.79 Å². The largest absolute Gasteiger partial charge is 0.496 e. The number of carbonyl (C=O) groups is 1. The summed E-state index contributed by atoms with van der Waals surface area (Å²) in [6.45, 7) is 4.31. The molecule has 0 saturated heterocycles. The molecule has 0 aliphatic rings. The predicted octanol–water partition coefficient (Wildman–Crippen LogP) is 3.70. The van der Waals surface area contributed by atoms with Crippen LogP contribution in [0.25, 0.3) is 6.08 Å². The third kappa shape index (κ3) is 3.91. The first kappa shape index (κ1) is 14.3. The molecule has 0 aromatic heterocycles. The van der Waals surface area contributed by atoms with Gasteiger partial charge in [0.25, 0.3) is 0 Å². The topological polar surface area (TPSA) is 46.5 Å². The average Bonchev–Trinajstić information content (AvgIpc) is 2.36. The average molecular weight is 248 g/mol. The first-order valence-corrected chi connectivity index (χ1v) is 6.17. The number of carboxylic acids is 1. The van der Waals surface area contributed by atoms with E-state index in [9.17, 15) is 4.79 Å². The highest BCUT2D eigenvalue weighted by Crippen LogP contribution is 2.30. The molecule has 1 rings (SSSR count). The zero-order chi connectivity index (χ0) is 13.5. The van der Waals surface area contributed by atoms with Crippen molar-refractivity contribution in [2.45, 2.75) is 32.6 Å². The molecule has 1 unspecified atom stereocenters. The Hall–Kier alpha value is -1.77. The van der Waals surface area contributed by atoms with Gasteiger partial charge in [-0.05, 0) is 41.7 Å². The van der Waals surface area contributed by atoms with Gasteiger partial charge in [0.05, 0.1) is 7.11 Å². The highest BCUT2D eigenvalue weighted by molar-refractivity contribution is 5.85. The van der Waals surface area contributed by atoms with E-state index in [0.717, 1.165) is 35.8 Å². The Bertz CT molecular complexity index is 435. The van der Waals surface area contributed by atoms with Crippen molar-refractivity contribution in [2.24, 2.45) is 0 Å². The normalized spacial score (nSPS) is 12.6. The molecule has 0 saturated carbocycles. The minimum atomic E-state index is -0.936. The van der Waals surface area contributed by atoms with E-state index in [1.54, 1.807) is 13.2 Å². The lowest BCUT2D eigenvalue weighted by atomic mass is 9.94. The number of hydrogen-bond donors (Lipinski definition) is 1. The summed E-state index contributed by atoms with van der Waals surface area (Å²) in [6, 6.07) is 5.75. The van der Waals surface area contributed by atoms with E-state index >= 15 is 0 Å². The Labute approximate surface area is 108 Å². The fourth-order valence-electron chi connectivity index (χ4n) is 2.00. The van der Waals surface area contributed by atoms with Crippen LogP contribution in [0.1, 0.15) is 43.7 Å². The fraction of sp³-hybridized carbons (Fsp3) is 0.400. The summed E-state index contributed by atoms with van der Waals surface area (Å²) in [6.07, 6.45) is 4.95. The molecule has 98 valence electrons. The number of rotatable bonds is 6. The van der Waals surface area contributed by atoms with E-state index in [1.165, 1.54) is 0 Å². The van der Waals surface area contributed by atoms with Gasteiger partial charge in [0.2, 0.25) is 0 Å². The van der Waals surface area contributed by atoms with Gasteiger partial charge in [0, 0.05) is 6.08 Å². The van der Waals surface area contributed by atoms with Crippen molar-refractivity contribution in [3.05, 3.63) is 35.4 Å². The molecule has 0 fully saturated rings. The quantitative estimate of drug-likeness (QED) is 0.781. The van der Waals surface area contributed by atoms with Crippen LogP contribution in [0.5, 0.6) is 5.75 Å². The molecule has 0 aliphatic carbocycles. The van der Waals surface area contributed by atoms with E-state index in [0.29, 0.717) is 5.92 Å². The number of methoxy groups -OCH3 is 1. The van der Waals surface area contributed by atoms with Crippen LogP contribution >= 0.6 is 0 Å². The van der Waals surface area contributed by atoms with Crippen LogP contribution in [-0.2, 0) is 4.79 Å². The second-order valence-electron chi connectivity index (χ2n) is 4.36. The van der Waals surface area contributed by atoms with Gasteiger partial charge in [-0.15, -0.1) is 0 Å². The summed E-state index contributed by atoms with van der Waals surface area (Å²) in [5, 5.41) is 8.63. The Balaban J connectivity index is 3.05. The molecule has 1 atom stereocenters. The third-order valence-corrected chi connectivity index (χ3v) is 2.92. The van der Waals surface area contributed by atoms with Gasteiger partial charge in [-0.1, -0.05) is 26.3 Å². The van der Waals surface area contributed by atoms with E-state index in [1.807, 2.05) is 18.2 Å². The fourth-order valence-corrected chi connectivity index (χ4v) is 2.00. The molecule has 1 N–H and O–H groups in total. The lowest BCUT2D eigenvalue weighted by Gasteiger charge is -2.15. The second kappa shape index (κ2) is 6.84. The molecule has 0 bridgehead atoms. The van der Waals surface area contributed by atoms with Crippen LogP contribution in [0.2, 0.25) is 0 Å². The van der Waals surface area contributed by atoms with Gasteiger partial charge in [0.1, 0.15) is 5.75 Å². The van der Waals surface area contributed by atoms with Crippen LogP contribution < -0.4 is 4.74 Å². The van der Waals surface area contributed by atoms with Crippen LogP contribution in [0, 0.1) is 0 Å². The number of hydrogen-bond acceptors (Lipinski definition) is 2. The van der Waals surface area contributed by atoms with Crippen LogP contribution in [0.15, 0.2) is 24.3 Å². The maximum absolute atomic E-state index is 10.5. The molecular formula is C15H20O3. The Kier molecular flexibility index (Phi) is 5.43. The highest BCUT2D eigenvalue weighted by atomic mass is 16.5. The molecular weight excluding hydrogens is 228 g/mol. The number of aliphatic carboxylic acids is 1. The van der Waals surface area contributed by atoms with E-state index in [2.05, 4.69) is 13.8 Å². The molecule has 0 spiro atoms. The summed E-state index contributed by atoms with van der Waals surface area (Å²) in [5.74, 6) is 0.334. The summed E-state index contributed by atoms with van der Waals surface area (Å²) >= 11 is 0. The van der Waals surface area contributed by atoms with Crippen LogP contribution in [0.3, 0.4) is 0 Å².